The van der Waals surface area contributed by atoms with Crippen LogP contribution in [-0.2, 0) is 14.3 Å². The fraction of sp³-hybridized carbons (Fsp3) is 0.341. The van der Waals surface area contributed by atoms with E-state index < -0.39 is 29.7 Å². The molecule has 0 bridgehead atoms. The van der Waals surface area contributed by atoms with Crippen LogP contribution in [0.1, 0.15) is 68.0 Å². The number of ether oxygens (including phenoxy) is 2. The van der Waals surface area contributed by atoms with Gasteiger partial charge in [-0.1, -0.05) is 23.8 Å². The van der Waals surface area contributed by atoms with Gasteiger partial charge in [-0.05, 0) is 56.7 Å². The average molecular weight is 744 g/mol. The largest absolute Gasteiger partial charge is 0.473 e. The summed E-state index contributed by atoms with van der Waals surface area (Å²) in [5.41, 5.74) is 6.47. The van der Waals surface area contributed by atoms with Gasteiger partial charge in [-0.3, -0.25) is 39.2 Å². The second-order valence-electron chi connectivity index (χ2n) is 14.3. The SMILES string of the molecule is Cc1cccc(C(=O)Nc2cnc(C)c(-c3cnc(OC4CCOCC4)c(N4CCN(c5cccc6c5C(=O)N(C5CCC(=O)NC5=O)C6=O)CC4)c3)c2)c1. The Labute approximate surface area is 317 Å². The summed E-state index contributed by atoms with van der Waals surface area (Å²) < 4.78 is 12.1. The minimum absolute atomic E-state index is 0.0431. The quantitative estimate of drug-likeness (QED) is 0.248. The Balaban J connectivity index is 1.05. The zero-order valence-electron chi connectivity index (χ0n) is 30.7. The van der Waals surface area contributed by atoms with Crippen LogP contribution in [0, 0.1) is 13.8 Å². The van der Waals surface area contributed by atoms with Crippen molar-refractivity contribution >= 4 is 46.6 Å². The lowest BCUT2D eigenvalue weighted by atomic mass is 10.0. The molecule has 8 rings (SSSR count). The number of nitrogens with one attached hydrogen (secondary N) is 2. The number of piperidine rings is 1. The summed E-state index contributed by atoms with van der Waals surface area (Å²) in [6.45, 7) is 7.26. The van der Waals surface area contributed by atoms with E-state index in [9.17, 15) is 24.0 Å². The number of aryl methyl sites for hydroxylation is 2. The summed E-state index contributed by atoms with van der Waals surface area (Å²) >= 11 is 0. The molecule has 0 radical (unpaired) electrons. The van der Waals surface area contributed by atoms with Crippen molar-refractivity contribution in [3.63, 3.8) is 0 Å². The molecule has 6 heterocycles. The van der Waals surface area contributed by atoms with E-state index in [1.165, 1.54) is 0 Å². The number of rotatable bonds is 8. The number of imide groups is 2. The van der Waals surface area contributed by atoms with E-state index in [0.717, 1.165) is 45.8 Å². The number of amides is 5. The Morgan fingerprint density at radius 2 is 1.58 bits per heavy atom. The lowest BCUT2D eigenvalue weighted by Crippen LogP contribution is -2.54. The van der Waals surface area contributed by atoms with Gasteiger partial charge in [0.15, 0.2) is 0 Å². The summed E-state index contributed by atoms with van der Waals surface area (Å²) in [6, 6.07) is 15.5. The van der Waals surface area contributed by atoms with Gasteiger partial charge in [0.2, 0.25) is 17.7 Å². The molecule has 282 valence electrons. The van der Waals surface area contributed by atoms with Gasteiger partial charge in [0.1, 0.15) is 17.8 Å². The highest BCUT2D eigenvalue weighted by atomic mass is 16.5. The lowest BCUT2D eigenvalue weighted by Gasteiger charge is -2.38. The Bertz CT molecular complexity index is 2210. The fourth-order valence-corrected chi connectivity index (χ4v) is 7.69. The highest BCUT2D eigenvalue weighted by molar-refractivity contribution is 6.25. The van der Waals surface area contributed by atoms with E-state index in [-0.39, 0.29) is 36.0 Å². The fourth-order valence-electron chi connectivity index (χ4n) is 7.69. The molecule has 14 nitrogen and oxygen atoms in total. The number of nitrogens with zero attached hydrogens (tertiary/aromatic N) is 5. The average Bonchev–Trinajstić information content (AvgIpc) is 3.45. The molecule has 2 aromatic heterocycles. The minimum Gasteiger partial charge on any atom is -0.473 e. The third kappa shape index (κ3) is 7.12. The lowest BCUT2D eigenvalue weighted by molar-refractivity contribution is -0.136. The Kier molecular flexibility index (Phi) is 9.74. The summed E-state index contributed by atoms with van der Waals surface area (Å²) in [5.74, 6) is -1.83. The number of hydrogen-bond acceptors (Lipinski definition) is 11. The molecule has 4 aliphatic rings. The van der Waals surface area contributed by atoms with E-state index in [2.05, 4.69) is 25.4 Å². The Morgan fingerprint density at radius 3 is 2.33 bits per heavy atom. The maximum absolute atomic E-state index is 13.8. The van der Waals surface area contributed by atoms with E-state index in [4.69, 9.17) is 14.5 Å². The van der Waals surface area contributed by atoms with Crippen molar-refractivity contribution in [3.05, 3.63) is 94.9 Å². The first-order valence-corrected chi connectivity index (χ1v) is 18.6. The smallest absolute Gasteiger partial charge is 0.264 e. The number of carbonyl (C=O) groups is 5. The highest BCUT2D eigenvalue weighted by Crippen LogP contribution is 2.38. The highest BCUT2D eigenvalue weighted by Gasteiger charge is 2.46. The van der Waals surface area contributed by atoms with Gasteiger partial charge in [0.25, 0.3) is 17.7 Å². The van der Waals surface area contributed by atoms with E-state index >= 15 is 0 Å². The molecule has 4 aromatic rings. The van der Waals surface area contributed by atoms with Crippen molar-refractivity contribution in [1.29, 1.82) is 0 Å². The van der Waals surface area contributed by atoms with Gasteiger partial charge in [0, 0.05) is 74.0 Å². The number of fused-ring (bicyclic) bond motifs is 1. The molecule has 5 amide bonds. The molecule has 1 atom stereocenters. The van der Waals surface area contributed by atoms with Gasteiger partial charge in [0.05, 0.1) is 41.9 Å². The Hall–Kier alpha value is -6.15. The predicted molar refractivity (Wildman–Crippen MR) is 203 cm³/mol. The number of hydrogen-bond donors (Lipinski definition) is 2. The van der Waals surface area contributed by atoms with Crippen molar-refractivity contribution in [2.24, 2.45) is 0 Å². The molecule has 3 fully saturated rings. The minimum atomic E-state index is -1.03. The van der Waals surface area contributed by atoms with Gasteiger partial charge in [-0.2, -0.15) is 0 Å². The first-order chi connectivity index (χ1) is 26.6. The van der Waals surface area contributed by atoms with Gasteiger partial charge in [-0.25, -0.2) is 4.98 Å². The van der Waals surface area contributed by atoms with Gasteiger partial charge in [-0.15, -0.1) is 0 Å². The first-order valence-electron chi connectivity index (χ1n) is 18.6. The molecular formula is C41H41N7O7. The van der Waals surface area contributed by atoms with Crippen molar-refractivity contribution in [1.82, 2.24) is 20.2 Å². The number of carbonyl (C=O) groups excluding carboxylic acids is 5. The van der Waals surface area contributed by atoms with Gasteiger partial charge >= 0.3 is 0 Å². The van der Waals surface area contributed by atoms with Crippen LogP contribution in [0.5, 0.6) is 5.88 Å². The molecule has 0 aliphatic carbocycles. The normalized spacial score (nSPS) is 19.0. The van der Waals surface area contributed by atoms with Crippen LogP contribution < -0.4 is 25.2 Å². The number of piperazine rings is 1. The summed E-state index contributed by atoms with van der Waals surface area (Å²) in [7, 11) is 0. The maximum Gasteiger partial charge on any atom is 0.264 e. The topological polar surface area (TPSA) is 163 Å². The molecule has 14 heteroatoms. The van der Waals surface area contributed by atoms with E-state index in [0.29, 0.717) is 62.2 Å². The molecule has 55 heavy (non-hydrogen) atoms. The van der Waals surface area contributed by atoms with Crippen LogP contribution in [0.2, 0.25) is 0 Å². The molecule has 2 aromatic carbocycles. The molecule has 0 spiro atoms. The summed E-state index contributed by atoms with van der Waals surface area (Å²) in [4.78, 5) is 79.6. The molecule has 3 saturated heterocycles. The molecule has 4 aliphatic heterocycles. The number of anilines is 3. The molecule has 1 unspecified atom stereocenters. The van der Waals surface area contributed by atoms with Crippen LogP contribution >= 0.6 is 0 Å². The van der Waals surface area contributed by atoms with Crippen molar-refractivity contribution in [2.45, 2.75) is 51.7 Å². The number of benzene rings is 2. The Morgan fingerprint density at radius 1 is 0.836 bits per heavy atom. The van der Waals surface area contributed by atoms with Crippen LogP contribution in [0.3, 0.4) is 0 Å². The number of aromatic nitrogens is 2. The van der Waals surface area contributed by atoms with Crippen molar-refractivity contribution in [3.8, 4) is 17.0 Å². The zero-order chi connectivity index (χ0) is 38.2. The summed E-state index contributed by atoms with van der Waals surface area (Å²) in [5, 5.41) is 5.24. The van der Waals surface area contributed by atoms with Crippen LogP contribution in [0.25, 0.3) is 11.1 Å². The van der Waals surface area contributed by atoms with Crippen molar-refractivity contribution < 1.29 is 33.4 Å². The predicted octanol–water partition coefficient (Wildman–Crippen LogP) is 4.30. The maximum atomic E-state index is 13.8. The van der Waals surface area contributed by atoms with Gasteiger partial charge < -0.3 is 24.6 Å². The second kappa shape index (κ2) is 14.9. The standard InChI is InChI=1S/C41H41N7O7/c1-24-5-3-6-26(19-24)37(50)44-28-21-31(25(2)42-23-28)27-20-34(39(43-22-27)55-29-11-17-54-18-12-29)47-15-13-46(14-16-47)32-8-4-7-30-36(32)41(53)48(40(30)52)33-9-10-35(49)45-38(33)51/h3-8,19-23,29,33H,9-18H2,1-2H3,(H,44,50)(H,45,49,51). The third-order valence-electron chi connectivity index (χ3n) is 10.6. The van der Waals surface area contributed by atoms with Crippen LogP contribution in [-0.4, -0.2) is 95.9 Å². The third-order valence-corrected chi connectivity index (χ3v) is 10.6. The monoisotopic (exact) mass is 743 g/mol. The molecular weight excluding hydrogens is 702 g/mol. The zero-order valence-corrected chi connectivity index (χ0v) is 30.7. The van der Waals surface area contributed by atoms with Crippen LogP contribution in [0.4, 0.5) is 17.1 Å². The number of pyridine rings is 2. The van der Waals surface area contributed by atoms with Crippen LogP contribution in [0.15, 0.2) is 67.0 Å². The molecule has 2 N–H and O–H groups in total. The molecule has 0 saturated carbocycles. The van der Waals surface area contributed by atoms with Crippen molar-refractivity contribution in [2.75, 3.05) is 54.5 Å². The van der Waals surface area contributed by atoms with E-state index in [1.807, 2.05) is 50.2 Å². The first kappa shape index (κ1) is 35.9. The second-order valence-corrected chi connectivity index (χ2v) is 14.3. The summed E-state index contributed by atoms with van der Waals surface area (Å²) in [6.07, 6.45) is 5.03. The van der Waals surface area contributed by atoms with E-state index in [1.54, 1.807) is 30.6 Å².